The third-order valence-electron chi connectivity index (χ3n) is 4.78. The van der Waals surface area contributed by atoms with Gasteiger partial charge in [0.15, 0.2) is 0 Å². The summed E-state index contributed by atoms with van der Waals surface area (Å²) in [5, 5.41) is 4.89. The van der Waals surface area contributed by atoms with Crippen LogP contribution in [0.2, 0.25) is 0 Å². The molecule has 1 heteroatoms. The molecule has 0 fully saturated rings. The van der Waals surface area contributed by atoms with Crippen molar-refractivity contribution in [3.05, 3.63) is 84.4 Å². The molecule has 0 radical (unpaired) electrons. The molecular weight excluding hydrogens is 292 g/mol. The third kappa shape index (κ3) is 1.95. The van der Waals surface area contributed by atoms with Crippen molar-refractivity contribution in [2.75, 3.05) is 0 Å². The maximum absolute atomic E-state index is 6.13. The molecule has 0 unspecified atom stereocenters. The quantitative estimate of drug-likeness (QED) is 0.335. The lowest BCUT2D eigenvalue weighted by molar-refractivity contribution is 0.666. The van der Waals surface area contributed by atoms with Crippen LogP contribution in [0.15, 0.2) is 83.3 Å². The number of hydrogen-bond acceptors (Lipinski definition) is 1. The summed E-state index contributed by atoms with van der Waals surface area (Å²) >= 11 is 0. The average Bonchev–Trinajstić information content (AvgIpc) is 3.01. The van der Waals surface area contributed by atoms with Crippen molar-refractivity contribution in [3.8, 4) is 11.1 Å². The van der Waals surface area contributed by atoms with Gasteiger partial charge in [-0.1, -0.05) is 60.7 Å². The number of para-hydroxylation sites is 1. The Morgan fingerprint density at radius 2 is 1.42 bits per heavy atom. The molecule has 5 aromatic rings. The molecule has 4 aromatic carbocycles. The summed E-state index contributed by atoms with van der Waals surface area (Å²) in [4.78, 5) is 0. The lowest BCUT2D eigenvalue weighted by Gasteiger charge is -2.04. The van der Waals surface area contributed by atoms with Crippen molar-refractivity contribution >= 4 is 32.7 Å². The minimum atomic E-state index is 0.949. The van der Waals surface area contributed by atoms with Crippen LogP contribution in [0.5, 0.6) is 0 Å². The van der Waals surface area contributed by atoms with Gasteiger partial charge in [0.2, 0.25) is 0 Å². The van der Waals surface area contributed by atoms with Gasteiger partial charge in [-0.3, -0.25) is 0 Å². The normalized spacial score (nSPS) is 11.5. The molecule has 114 valence electrons. The number of benzene rings is 4. The fourth-order valence-corrected chi connectivity index (χ4v) is 3.49. The van der Waals surface area contributed by atoms with Gasteiger partial charge in [0.25, 0.3) is 0 Å². The van der Waals surface area contributed by atoms with E-state index < -0.39 is 0 Å². The second-order valence-corrected chi connectivity index (χ2v) is 6.33. The summed E-state index contributed by atoms with van der Waals surface area (Å²) in [5.74, 6) is 0. The number of furan rings is 1. The largest absolute Gasteiger partial charge is 0.456 e. The zero-order valence-electron chi connectivity index (χ0n) is 13.4. The molecule has 1 heterocycles. The minimum Gasteiger partial charge on any atom is -0.456 e. The van der Waals surface area contributed by atoms with Crippen molar-refractivity contribution in [1.82, 2.24) is 0 Å². The summed E-state index contributed by atoms with van der Waals surface area (Å²) in [7, 11) is 0. The van der Waals surface area contributed by atoms with Crippen molar-refractivity contribution in [2.45, 2.75) is 6.92 Å². The van der Waals surface area contributed by atoms with E-state index in [0.29, 0.717) is 0 Å². The summed E-state index contributed by atoms with van der Waals surface area (Å²) in [5.41, 5.74) is 5.52. The van der Waals surface area contributed by atoms with Crippen LogP contribution >= 0.6 is 0 Å². The lowest BCUT2D eigenvalue weighted by atomic mass is 10.00. The molecular formula is C23H16O. The van der Waals surface area contributed by atoms with E-state index in [9.17, 15) is 0 Å². The van der Waals surface area contributed by atoms with E-state index in [4.69, 9.17) is 4.42 Å². The molecule has 1 aromatic heterocycles. The molecule has 0 saturated heterocycles. The van der Waals surface area contributed by atoms with Crippen LogP contribution in [0.3, 0.4) is 0 Å². The van der Waals surface area contributed by atoms with Gasteiger partial charge < -0.3 is 4.42 Å². The Hall–Kier alpha value is -3.06. The summed E-state index contributed by atoms with van der Waals surface area (Å²) < 4.78 is 6.13. The van der Waals surface area contributed by atoms with Crippen LogP contribution in [-0.4, -0.2) is 0 Å². The van der Waals surface area contributed by atoms with Gasteiger partial charge in [-0.15, -0.1) is 0 Å². The Kier molecular flexibility index (Phi) is 2.77. The van der Waals surface area contributed by atoms with E-state index in [1.54, 1.807) is 0 Å². The summed E-state index contributed by atoms with van der Waals surface area (Å²) in [6, 6.07) is 27.9. The molecule has 5 rings (SSSR count). The maximum Gasteiger partial charge on any atom is 0.138 e. The van der Waals surface area contributed by atoms with E-state index in [-0.39, 0.29) is 0 Å². The minimum absolute atomic E-state index is 0.949. The van der Waals surface area contributed by atoms with Crippen molar-refractivity contribution in [3.63, 3.8) is 0 Å². The third-order valence-corrected chi connectivity index (χ3v) is 4.78. The van der Waals surface area contributed by atoms with E-state index in [2.05, 4.69) is 85.8 Å². The van der Waals surface area contributed by atoms with E-state index in [0.717, 1.165) is 11.2 Å². The highest BCUT2D eigenvalue weighted by atomic mass is 16.3. The molecule has 24 heavy (non-hydrogen) atoms. The SMILES string of the molecule is Cc1cccc2c1oc1cc(-c3ccc4ccccc4c3)ccc12. The van der Waals surface area contributed by atoms with Crippen LogP contribution < -0.4 is 0 Å². The number of aryl methyl sites for hydroxylation is 1. The molecule has 1 nitrogen and oxygen atoms in total. The molecule has 0 bridgehead atoms. The molecule has 0 aliphatic heterocycles. The first-order valence-corrected chi connectivity index (χ1v) is 8.21. The molecule has 0 spiro atoms. The van der Waals surface area contributed by atoms with Crippen molar-refractivity contribution < 1.29 is 4.42 Å². The van der Waals surface area contributed by atoms with Gasteiger partial charge in [0.05, 0.1) is 0 Å². The Balaban J connectivity index is 1.74. The first-order chi connectivity index (χ1) is 11.8. The fourth-order valence-electron chi connectivity index (χ4n) is 3.49. The first kappa shape index (κ1) is 13.4. The topological polar surface area (TPSA) is 13.1 Å². The number of fused-ring (bicyclic) bond motifs is 4. The predicted molar refractivity (Wildman–Crippen MR) is 101 cm³/mol. The highest BCUT2D eigenvalue weighted by molar-refractivity contribution is 6.07. The van der Waals surface area contributed by atoms with Crippen LogP contribution in [-0.2, 0) is 0 Å². The first-order valence-electron chi connectivity index (χ1n) is 8.21. The second-order valence-electron chi connectivity index (χ2n) is 6.33. The van der Waals surface area contributed by atoms with Crippen LogP contribution in [0.25, 0.3) is 43.8 Å². The zero-order valence-corrected chi connectivity index (χ0v) is 13.4. The monoisotopic (exact) mass is 308 g/mol. The van der Waals surface area contributed by atoms with Gasteiger partial charge in [0.1, 0.15) is 11.2 Å². The number of rotatable bonds is 1. The lowest BCUT2D eigenvalue weighted by Crippen LogP contribution is -1.79. The smallest absolute Gasteiger partial charge is 0.138 e. The highest BCUT2D eigenvalue weighted by Gasteiger charge is 2.10. The zero-order chi connectivity index (χ0) is 16.1. The van der Waals surface area contributed by atoms with Crippen molar-refractivity contribution in [1.29, 1.82) is 0 Å². The Bertz CT molecular complexity index is 1210. The molecule has 0 aliphatic carbocycles. The molecule has 0 saturated carbocycles. The van der Waals surface area contributed by atoms with Gasteiger partial charge in [-0.05, 0) is 52.6 Å². The molecule has 0 amide bonds. The molecule has 0 aliphatic rings. The molecule has 0 N–H and O–H groups in total. The Morgan fingerprint density at radius 3 is 2.33 bits per heavy atom. The van der Waals surface area contributed by atoms with Crippen LogP contribution in [0, 0.1) is 6.92 Å². The summed E-state index contributed by atoms with van der Waals surface area (Å²) in [6.45, 7) is 2.09. The van der Waals surface area contributed by atoms with Crippen LogP contribution in [0.4, 0.5) is 0 Å². The van der Waals surface area contributed by atoms with E-state index in [1.165, 1.54) is 38.2 Å². The van der Waals surface area contributed by atoms with E-state index >= 15 is 0 Å². The van der Waals surface area contributed by atoms with Gasteiger partial charge in [0, 0.05) is 10.8 Å². The Morgan fingerprint density at radius 1 is 0.625 bits per heavy atom. The molecule has 0 atom stereocenters. The van der Waals surface area contributed by atoms with Crippen LogP contribution in [0.1, 0.15) is 5.56 Å². The van der Waals surface area contributed by atoms with Gasteiger partial charge in [-0.25, -0.2) is 0 Å². The Labute approximate surface area is 140 Å². The van der Waals surface area contributed by atoms with Gasteiger partial charge >= 0.3 is 0 Å². The van der Waals surface area contributed by atoms with Crippen molar-refractivity contribution in [2.24, 2.45) is 0 Å². The second kappa shape index (κ2) is 4.97. The standard InChI is InChI=1S/C23H16O/c1-15-5-4-8-21-20-12-11-19(14-22(20)24-23(15)21)18-10-9-16-6-2-3-7-17(16)13-18/h2-14H,1H3. The van der Waals surface area contributed by atoms with Gasteiger partial charge in [-0.2, -0.15) is 0 Å². The average molecular weight is 308 g/mol. The van der Waals surface area contributed by atoms with E-state index in [1.807, 2.05) is 0 Å². The predicted octanol–water partition coefficient (Wildman–Crippen LogP) is 6.71. The maximum atomic E-state index is 6.13. The number of hydrogen-bond donors (Lipinski definition) is 0. The highest BCUT2D eigenvalue weighted by Crippen LogP contribution is 2.34. The summed E-state index contributed by atoms with van der Waals surface area (Å²) in [6.07, 6.45) is 0. The fraction of sp³-hybridized carbons (Fsp3) is 0.0435.